The summed E-state index contributed by atoms with van der Waals surface area (Å²) in [5, 5.41) is 9.69. The molecule has 1 amide bonds. The van der Waals surface area contributed by atoms with Crippen molar-refractivity contribution in [1.29, 1.82) is 0 Å². The summed E-state index contributed by atoms with van der Waals surface area (Å²) in [6.45, 7) is 5.45. The summed E-state index contributed by atoms with van der Waals surface area (Å²) in [5.41, 5.74) is 2.40. The Morgan fingerprint density at radius 3 is 2.48 bits per heavy atom. The molecule has 1 aliphatic carbocycles. The molecule has 1 saturated carbocycles. The zero-order valence-corrected chi connectivity index (χ0v) is 13.8. The highest BCUT2D eigenvalue weighted by Gasteiger charge is 2.47. The normalized spacial score (nSPS) is 27.6. The number of aliphatic hydroxyl groups excluding tert-OH is 1. The van der Waals surface area contributed by atoms with E-state index in [-0.39, 0.29) is 11.5 Å². The lowest BCUT2D eigenvalue weighted by molar-refractivity contribution is -0.138. The van der Waals surface area contributed by atoms with Crippen LogP contribution in [0, 0.1) is 5.41 Å². The summed E-state index contributed by atoms with van der Waals surface area (Å²) in [6.07, 6.45) is 7.79. The molecule has 0 unspecified atom stereocenters. The van der Waals surface area contributed by atoms with Crippen molar-refractivity contribution < 1.29 is 9.90 Å². The zero-order valence-electron chi connectivity index (χ0n) is 13.8. The number of aliphatic hydroxyl groups is 1. The third-order valence-corrected chi connectivity index (χ3v) is 5.59. The van der Waals surface area contributed by atoms with E-state index < -0.39 is 0 Å². The van der Waals surface area contributed by atoms with E-state index in [2.05, 4.69) is 30.8 Å². The number of amides is 1. The van der Waals surface area contributed by atoms with Crippen LogP contribution in [0.25, 0.3) is 0 Å². The van der Waals surface area contributed by atoms with Gasteiger partial charge in [-0.05, 0) is 56.1 Å². The van der Waals surface area contributed by atoms with Crippen LogP contribution < -0.4 is 0 Å². The van der Waals surface area contributed by atoms with Crippen molar-refractivity contribution in [2.45, 2.75) is 51.0 Å². The summed E-state index contributed by atoms with van der Waals surface area (Å²) in [5.74, 6) is 0.327. The second kappa shape index (κ2) is 6.88. The van der Waals surface area contributed by atoms with Gasteiger partial charge < -0.3 is 10.0 Å². The van der Waals surface area contributed by atoms with Gasteiger partial charge in [-0.25, -0.2) is 0 Å². The molecular formula is C20H27NO2. The molecule has 1 N–H and O–H groups in total. The lowest BCUT2D eigenvalue weighted by Gasteiger charge is -2.33. The Kier molecular flexibility index (Phi) is 4.86. The number of likely N-dealkylation sites (tertiary alicyclic amines) is 1. The van der Waals surface area contributed by atoms with Gasteiger partial charge in [0.2, 0.25) is 5.91 Å². The van der Waals surface area contributed by atoms with E-state index in [0.717, 1.165) is 58.0 Å². The van der Waals surface area contributed by atoms with Crippen molar-refractivity contribution in [2.75, 3.05) is 13.1 Å². The second-order valence-corrected chi connectivity index (χ2v) is 7.11. The van der Waals surface area contributed by atoms with Gasteiger partial charge in [-0.15, -0.1) is 6.58 Å². The highest BCUT2D eigenvalue weighted by molar-refractivity contribution is 5.85. The van der Waals surface area contributed by atoms with Gasteiger partial charge in [-0.1, -0.05) is 30.3 Å². The third kappa shape index (κ3) is 3.50. The Labute approximate surface area is 139 Å². The Balaban J connectivity index is 1.55. The van der Waals surface area contributed by atoms with E-state index in [4.69, 9.17) is 0 Å². The van der Waals surface area contributed by atoms with Gasteiger partial charge >= 0.3 is 0 Å². The van der Waals surface area contributed by atoms with Crippen LogP contribution in [-0.2, 0) is 17.6 Å². The number of carbonyl (C=O) groups is 1. The quantitative estimate of drug-likeness (QED) is 0.849. The maximum absolute atomic E-state index is 12.8. The molecule has 0 aromatic heterocycles. The highest BCUT2D eigenvalue weighted by Crippen LogP contribution is 2.44. The maximum Gasteiger partial charge on any atom is 0.228 e. The monoisotopic (exact) mass is 313 g/mol. The SMILES string of the molecule is C=CCc1ccc(CCN2CCC3(CCC(O)CC3)C2=O)cc1. The molecule has 23 heavy (non-hydrogen) atoms. The molecule has 0 atom stereocenters. The minimum absolute atomic E-state index is 0.160. The van der Waals surface area contributed by atoms with Crippen molar-refractivity contribution >= 4 is 5.91 Å². The predicted octanol–water partition coefficient (Wildman–Crippen LogP) is 3.11. The minimum Gasteiger partial charge on any atom is -0.393 e. The number of rotatable bonds is 5. The van der Waals surface area contributed by atoms with Crippen molar-refractivity contribution in [3.63, 3.8) is 0 Å². The van der Waals surface area contributed by atoms with Crippen LogP contribution in [0.2, 0.25) is 0 Å². The number of benzene rings is 1. The van der Waals surface area contributed by atoms with Crippen LogP contribution in [0.15, 0.2) is 36.9 Å². The molecule has 1 aromatic rings. The maximum atomic E-state index is 12.8. The molecule has 1 heterocycles. The van der Waals surface area contributed by atoms with E-state index in [9.17, 15) is 9.90 Å². The fourth-order valence-electron chi connectivity index (χ4n) is 4.00. The van der Waals surface area contributed by atoms with Crippen molar-refractivity contribution in [2.24, 2.45) is 5.41 Å². The molecule has 1 aromatic carbocycles. The molecule has 1 saturated heterocycles. The smallest absolute Gasteiger partial charge is 0.228 e. The number of hydrogen-bond acceptors (Lipinski definition) is 2. The van der Waals surface area contributed by atoms with E-state index in [1.807, 2.05) is 11.0 Å². The summed E-state index contributed by atoms with van der Waals surface area (Å²) in [4.78, 5) is 14.8. The first kappa shape index (κ1) is 16.3. The Morgan fingerprint density at radius 2 is 1.83 bits per heavy atom. The van der Waals surface area contributed by atoms with Gasteiger partial charge in [-0.2, -0.15) is 0 Å². The number of hydrogen-bond donors (Lipinski definition) is 1. The van der Waals surface area contributed by atoms with E-state index >= 15 is 0 Å². The first-order valence-corrected chi connectivity index (χ1v) is 8.79. The molecule has 2 fully saturated rings. The molecule has 2 aliphatic rings. The number of allylic oxidation sites excluding steroid dienone is 1. The van der Waals surface area contributed by atoms with Gasteiger partial charge in [0.25, 0.3) is 0 Å². The second-order valence-electron chi connectivity index (χ2n) is 7.11. The van der Waals surface area contributed by atoms with Crippen molar-refractivity contribution in [3.8, 4) is 0 Å². The minimum atomic E-state index is -0.198. The van der Waals surface area contributed by atoms with Gasteiger partial charge in [0, 0.05) is 13.1 Å². The Morgan fingerprint density at radius 1 is 1.17 bits per heavy atom. The Hall–Kier alpha value is -1.61. The topological polar surface area (TPSA) is 40.5 Å². The van der Waals surface area contributed by atoms with Crippen LogP contribution in [0.4, 0.5) is 0 Å². The number of nitrogens with zero attached hydrogens (tertiary/aromatic N) is 1. The van der Waals surface area contributed by atoms with Crippen LogP contribution in [-0.4, -0.2) is 35.1 Å². The molecule has 1 spiro atoms. The summed E-state index contributed by atoms with van der Waals surface area (Å²) in [6, 6.07) is 8.61. The number of carbonyl (C=O) groups excluding carboxylic acids is 1. The fourth-order valence-corrected chi connectivity index (χ4v) is 4.00. The first-order chi connectivity index (χ1) is 11.1. The zero-order chi connectivity index (χ0) is 16.3. The van der Waals surface area contributed by atoms with Crippen molar-refractivity contribution in [3.05, 3.63) is 48.0 Å². The van der Waals surface area contributed by atoms with Crippen LogP contribution in [0.3, 0.4) is 0 Å². The summed E-state index contributed by atoms with van der Waals surface area (Å²) >= 11 is 0. The lowest BCUT2D eigenvalue weighted by Crippen LogP contribution is -2.39. The third-order valence-electron chi connectivity index (χ3n) is 5.59. The molecular weight excluding hydrogens is 286 g/mol. The molecule has 3 nitrogen and oxygen atoms in total. The van der Waals surface area contributed by atoms with E-state index in [0.29, 0.717) is 5.91 Å². The van der Waals surface area contributed by atoms with Crippen molar-refractivity contribution in [1.82, 2.24) is 4.90 Å². The van der Waals surface area contributed by atoms with Gasteiger partial charge in [0.15, 0.2) is 0 Å². The average molecular weight is 313 g/mol. The molecule has 3 rings (SSSR count). The summed E-state index contributed by atoms with van der Waals surface area (Å²) in [7, 11) is 0. The molecule has 124 valence electrons. The predicted molar refractivity (Wildman–Crippen MR) is 92.2 cm³/mol. The van der Waals surface area contributed by atoms with Gasteiger partial charge in [-0.3, -0.25) is 4.79 Å². The van der Waals surface area contributed by atoms with E-state index in [1.165, 1.54) is 11.1 Å². The Bertz CT molecular complexity index is 556. The van der Waals surface area contributed by atoms with Crippen LogP contribution >= 0.6 is 0 Å². The van der Waals surface area contributed by atoms with Crippen LogP contribution in [0.5, 0.6) is 0 Å². The molecule has 0 radical (unpaired) electrons. The fraction of sp³-hybridized carbons (Fsp3) is 0.550. The largest absolute Gasteiger partial charge is 0.393 e. The van der Waals surface area contributed by atoms with Crippen LogP contribution in [0.1, 0.15) is 43.2 Å². The standard InChI is InChI=1S/C20H27NO2/c1-2-3-16-4-6-17(7-5-16)10-14-21-15-13-20(19(21)23)11-8-18(22)9-12-20/h2,4-7,18,22H,1,3,8-15H2. The first-order valence-electron chi connectivity index (χ1n) is 8.79. The molecule has 1 aliphatic heterocycles. The molecule has 0 bridgehead atoms. The summed E-state index contributed by atoms with van der Waals surface area (Å²) < 4.78 is 0. The van der Waals surface area contributed by atoms with Gasteiger partial charge in [0.1, 0.15) is 0 Å². The highest BCUT2D eigenvalue weighted by atomic mass is 16.3. The lowest BCUT2D eigenvalue weighted by atomic mass is 9.72. The average Bonchev–Trinajstić information content (AvgIpc) is 2.87. The van der Waals surface area contributed by atoms with Gasteiger partial charge in [0.05, 0.1) is 11.5 Å². The van der Waals surface area contributed by atoms with E-state index in [1.54, 1.807) is 0 Å². The molecule has 3 heteroatoms.